The van der Waals surface area contributed by atoms with Gasteiger partial charge < -0.3 is 15.0 Å². The van der Waals surface area contributed by atoms with Crippen LogP contribution in [0.3, 0.4) is 0 Å². The van der Waals surface area contributed by atoms with Crippen LogP contribution in [0.4, 0.5) is 0 Å². The molecule has 1 aromatic heterocycles. The molecular weight excluding hydrogens is 404 g/mol. The second-order valence-electron chi connectivity index (χ2n) is 9.26. The fraction of sp³-hybridized carbons (Fsp3) is 0.731. The molecule has 0 atom stereocenters. The van der Waals surface area contributed by atoms with Crippen molar-refractivity contribution < 1.29 is 14.7 Å². The average Bonchev–Trinajstić information content (AvgIpc) is 2.77. The lowest BCUT2D eigenvalue weighted by Crippen LogP contribution is -2.55. The van der Waals surface area contributed by atoms with Gasteiger partial charge >= 0.3 is 5.97 Å². The number of aryl methyl sites for hydroxylation is 1. The second-order valence-corrected chi connectivity index (χ2v) is 9.26. The van der Waals surface area contributed by atoms with Crippen LogP contribution in [-0.4, -0.2) is 27.1 Å². The van der Waals surface area contributed by atoms with Crippen molar-refractivity contribution in [1.82, 2.24) is 9.88 Å². The molecule has 1 heterocycles. The van der Waals surface area contributed by atoms with Gasteiger partial charge in [-0.05, 0) is 43.7 Å². The van der Waals surface area contributed by atoms with Gasteiger partial charge in [0.25, 0.3) is 11.5 Å². The number of rotatable bonds is 9. The molecule has 2 N–H and O–H groups in total. The van der Waals surface area contributed by atoms with Gasteiger partial charge in [-0.2, -0.15) is 0 Å². The molecule has 1 amide bonds. The predicted molar refractivity (Wildman–Crippen MR) is 128 cm³/mol. The number of nitrogens with one attached hydrogen (secondary N) is 1. The van der Waals surface area contributed by atoms with Gasteiger partial charge in [-0.25, -0.2) is 4.79 Å². The number of nitrogens with zero attached hydrogens (tertiary/aromatic N) is 1. The molecule has 1 aliphatic rings. The van der Waals surface area contributed by atoms with Crippen LogP contribution in [0, 0.1) is 0 Å². The molecule has 32 heavy (non-hydrogen) atoms. The highest BCUT2D eigenvalue weighted by molar-refractivity contribution is 5.97. The van der Waals surface area contributed by atoms with Crippen LogP contribution in [0.1, 0.15) is 119 Å². The standard InChI is InChI=1S/C26H42N2O4/c1-4-7-18-28-22(15-5-2)20(6-3)19-21(24(28)30)23(29)27-26(25(31)32)16-13-11-9-8-10-12-14-17-26/h19H,4-18H2,1-3H3,(H,27,29)(H,31,32). The molecule has 2 rings (SSSR count). The maximum absolute atomic E-state index is 13.4. The van der Waals surface area contributed by atoms with Crippen molar-refractivity contribution in [1.29, 1.82) is 0 Å². The van der Waals surface area contributed by atoms with E-state index in [9.17, 15) is 19.5 Å². The Morgan fingerprint density at radius 1 is 1.00 bits per heavy atom. The van der Waals surface area contributed by atoms with Gasteiger partial charge in [-0.1, -0.05) is 78.6 Å². The molecule has 6 nitrogen and oxygen atoms in total. The summed E-state index contributed by atoms with van der Waals surface area (Å²) < 4.78 is 1.77. The van der Waals surface area contributed by atoms with Crippen LogP contribution in [0.5, 0.6) is 0 Å². The highest BCUT2D eigenvalue weighted by Gasteiger charge is 2.40. The lowest BCUT2D eigenvalue weighted by atomic mass is 9.84. The number of carbonyl (C=O) groups excluding carboxylic acids is 1. The Balaban J connectivity index is 2.44. The van der Waals surface area contributed by atoms with Gasteiger partial charge in [0.05, 0.1) is 0 Å². The number of carboxylic acid groups (broad SMARTS) is 1. The summed E-state index contributed by atoms with van der Waals surface area (Å²) in [6, 6.07) is 1.71. The van der Waals surface area contributed by atoms with E-state index in [0.717, 1.165) is 81.9 Å². The number of amides is 1. The van der Waals surface area contributed by atoms with Crippen LogP contribution >= 0.6 is 0 Å². The Labute approximate surface area is 192 Å². The van der Waals surface area contributed by atoms with Gasteiger partial charge in [0.15, 0.2) is 0 Å². The fourth-order valence-electron chi connectivity index (χ4n) is 4.85. The van der Waals surface area contributed by atoms with Gasteiger partial charge in [-0.3, -0.25) is 9.59 Å². The predicted octanol–water partition coefficient (Wildman–Crippen LogP) is 5.24. The van der Waals surface area contributed by atoms with E-state index in [2.05, 4.69) is 19.2 Å². The van der Waals surface area contributed by atoms with E-state index >= 15 is 0 Å². The van der Waals surface area contributed by atoms with E-state index in [0.29, 0.717) is 19.4 Å². The third kappa shape index (κ3) is 6.46. The summed E-state index contributed by atoms with van der Waals surface area (Å²) in [6.07, 6.45) is 12.0. The van der Waals surface area contributed by atoms with E-state index in [1.54, 1.807) is 10.6 Å². The lowest BCUT2D eigenvalue weighted by molar-refractivity contribution is -0.145. The second kappa shape index (κ2) is 12.8. The van der Waals surface area contributed by atoms with Gasteiger partial charge in [0, 0.05) is 12.2 Å². The zero-order chi connectivity index (χ0) is 23.6. The molecular formula is C26H42N2O4. The first kappa shape index (κ1) is 26.1. The minimum absolute atomic E-state index is 0.0792. The summed E-state index contributed by atoms with van der Waals surface area (Å²) in [6.45, 7) is 6.79. The summed E-state index contributed by atoms with van der Waals surface area (Å²) in [5, 5.41) is 13.0. The molecule has 0 bridgehead atoms. The smallest absolute Gasteiger partial charge is 0.329 e. The van der Waals surface area contributed by atoms with Gasteiger partial charge in [0.2, 0.25) is 0 Å². The van der Waals surface area contributed by atoms with Crippen molar-refractivity contribution in [2.24, 2.45) is 0 Å². The van der Waals surface area contributed by atoms with Crippen LogP contribution in [0.2, 0.25) is 0 Å². The van der Waals surface area contributed by atoms with E-state index in [4.69, 9.17) is 0 Å². The van der Waals surface area contributed by atoms with Crippen molar-refractivity contribution in [2.75, 3.05) is 0 Å². The number of carboxylic acids is 1. The number of hydrogen-bond acceptors (Lipinski definition) is 3. The molecule has 0 aromatic carbocycles. The Morgan fingerprint density at radius 2 is 1.59 bits per heavy atom. The number of unbranched alkanes of at least 4 members (excludes halogenated alkanes) is 1. The van der Waals surface area contributed by atoms with Gasteiger partial charge in [0.1, 0.15) is 11.1 Å². The van der Waals surface area contributed by atoms with E-state index < -0.39 is 17.4 Å². The SMILES string of the molecule is CCCCn1c(CCC)c(CC)cc(C(=O)NC2(C(=O)O)CCCCCCCCC2)c1=O. The Morgan fingerprint density at radius 3 is 2.09 bits per heavy atom. The molecule has 1 aliphatic carbocycles. The average molecular weight is 447 g/mol. The maximum Gasteiger partial charge on any atom is 0.329 e. The monoisotopic (exact) mass is 446 g/mol. The van der Waals surface area contributed by atoms with Crippen molar-refractivity contribution in [2.45, 2.75) is 123 Å². The number of pyridine rings is 1. The summed E-state index contributed by atoms with van der Waals surface area (Å²) >= 11 is 0. The zero-order valence-corrected chi connectivity index (χ0v) is 20.3. The molecule has 0 aliphatic heterocycles. The number of carbonyl (C=O) groups is 2. The summed E-state index contributed by atoms with van der Waals surface area (Å²) in [5.74, 6) is -1.53. The highest BCUT2D eigenvalue weighted by Crippen LogP contribution is 2.26. The topological polar surface area (TPSA) is 88.4 Å². The molecule has 0 spiro atoms. The van der Waals surface area contributed by atoms with Gasteiger partial charge in [-0.15, -0.1) is 0 Å². The van der Waals surface area contributed by atoms with Crippen molar-refractivity contribution in [3.63, 3.8) is 0 Å². The van der Waals surface area contributed by atoms with E-state index in [-0.39, 0.29) is 11.1 Å². The molecule has 180 valence electrons. The normalized spacial score (nSPS) is 17.0. The largest absolute Gasteiger partial charge is 0.480 e. The van der Waals surface area contributed by atoms with Crippen LogP contribution < -0.4 is 10.9 Å². The van der Waals surface area contributed by atoms with E-state index in [1.807, 2.05) is 6.92 Å². The molecule has 0 radical (unpaired) electrons. The minimum atomic E-state index is -1.30. The molecule has 0 saturated heterocycles. The lowest BCUT2D eigenvalue weighted by Gasteiger charge is -2.31. The quantitative estimate of drug-likeness (QED) is 0.543. The summed E-state index contributed by atoms with van der Waals surface area (Å²) in [7, 11) is 0. The highest BCUT2D eigenvalue weighted by atomic mass is 16.4. The van der Waals surface area contributed by atoms with Crippen molar-refractivity contribution >= 4 is 11.9 Å². The fourth-order valence-corrected chi connectivity index (χ4v) is 4.85. The molecule has 6 heteroatoms. The number of hydrogen-bond donors (Lipinski definition) is 2. The summed E-state index contributed by atoms with van der Waals surface area (Å²) in [4.78, 5) is 39.1. The van der Waals surface area contributed by atoms with Crippen molar-refractivity contribution in [3.05, 3.63) is 33.2 Å². The molecule has 0 unspecified atom stereocenters. The Hall–Kier alpha value is -2.11. The molecule has 1 fully saturated rings. The third-order valence-corrected chi connectivity index (χ3v) is 6.81. The van der Waals surface area contributed by atoms with E-state index in [1.165, 1.54) is 6.42 Å². The van der Waals surface area contributed by atoms with Crippen LogP contribution in [0.15, 0.2) is 10.9 Å². The number of aliphatic carboxylic acids is 1. The van der Waals surface area contributed by atoms with Crippen molar-refractivity contribution in [3.8, 4) is 0 Å². The first-order valence-electron chi connectivity index (χ1n) is 12.7. The maximum atomic E-state index is 13.4. The zero-order valence-electron chi connectivity index (χ0n) is 20.3. The Bertz CT molecular complexity index is 818. The third-order valence-electron chi connectivity index (χ3n) is 6.81. The molecule has 1 saturated carbocycles. The molecule has 1 aromatic rings. The summed E-state index contributed by atoms with van der Waals surface area (Å²) in [5.41, 5.74) is 0.496. The minimum Gasteiger partial charge on any atom is -0.480 e. The first-order chi connectivity index (χ1) is 15.4. The van der Waals surface area contributed by atoms with Crippen LogP contribution in [-0.2, 0) is 24.2 Å². The first-order valence-corrected chi connectivity index (χ1v) is 12.7. The number of aromatic nitrogens is 1. The van der Waals surface area contributed by atoms with Crippen LogP contribution in [0.25, 0.3) is 0 Å². The Kier molecular flexibility index (Phi) is 10.5.